The van der Waals surface area contributed by atoms with Crippen molar-refractivity contribution < 1.29 is 0 Å². The topological polar surface area (TPSA) is 0 Å². The largest absolute Gasteiger partial charge is 0.103 e. The molecule has 2 fully saturated rings. The van der Waals surface area contributed by atoms with Crippen molar-refractivity contribution in [1.29, 1.82) is 0 Å². The molecule has 3 aliphatic carbocycles. The molecule has 3 aliphatic rings. The Kier molecular flexibility index (Phi) is 6.89. The highest BCUT2D eigenvalue weighted by Crippen LogP contribution is 2.63. The number of hydrogen-bond donors (Lipinski definition) is 0. The van der Waals surface area contributed by atoms with Gasteiger partial charge in [-0.2, -0.15) is 0 Å². The van der Waals surface area contributed by atoms with E-state index in [4.69, 9.17) is 0 Å². The standard InChI is InChI=1S/C25H36P2/c1-20-12-8-9-17-23(20)24-18-10-11-19-25(24,26-21-13-4-2-5-14-21)27-22-15-6-3-7-16-22/h8-12,17-19,21-22,24,26-27H,2-7,13-16H2,1H3. The van der Waals surface area contributed by atoms with Crippen molar-refractivity contribution in [2.24, 2.45) is 0 Å². The predicted molar refractivity (Wildman–Crippen MR) is 125 cm³/mol. The van der Waals surface area contributed by atoms with Crippen LogP contribution in [0.4, 0.5) is 0 Å². The third-order valence-corrected chi connectivity index (χ3v) is 11.6. The van der Waals surface area contributed by atoms with Crippen LogP contribution in [-0.2, 0) is 0 Å². The molecule has 0 bridgehead atoms. The Hall–Kier alpha value is -0.440. The Labute approximate surface area is 170 Å². The van der Waals surface area contributed by atoms with Crippen LogP contribution in [0.5, 0.6) is 0 Å². The first-order valence-corrected chi connectivity index (χ1v) is 13.4. The van der Waals surface area contributed by atoms with Gasteiger partial charge >= 0.3 is 0 Å². The first-order chi connectivity index (χ1) is 13.3. The van der Waals surface area contributed by atoms with Crippen LogP contribution in [0.2, 0.25) is 0 Å². The van der Waals surface area contributed by atoms with Gasteiger partial charge in [-0.15, -0.1) is 17.2 Å². The molecule has 0 amide bonds. The molecule has 0 heterocycles. The van der Waals surface area contributed by atoms with E-state index in [0.29, 0.717) is 10.8 Å². The molecular formula is C25H36P2. The highest BCUT2D eigenvalue weighted by molar-refractivity contribution is 7.60. The summed E-state index contributed by atoms with van der Waals surface area (Å²) < 4.78 is 0. The third kappa shape index (κ3) is 4.77. The quantitative estimate of drug-likeness (QED) is 0.442. The van der Waals surface area contributed by atoms with Crippen LogP contribution in [0.3, 0.4) is 0 Å². The van der Waals surface area contributed by atoms with Crippen molar-refractivity contribution in [2.45, 2.75) is 93.3 Å². The molecule has 1 aromatic carbocycles. The molecule has 0 aromatic heterocycles. The van der Waals surface area contributed by atoms with E-state index in [1.807, 2.05) is 0 Å². The minimum absolute atomic E-state index is 0.394. The summed E-state index contributed by atoms with van der Waals surface area (Å²) in [5.74, 6) is 0.587. The summed E-state index contributed by atoms with van der Waals surface area (Å²) in [4.78, 5) is 0.394. The molecule has 0 N–H and O–H groups in total. The molecule has 146 valence electrons. The molecule has 0 saturated heterocycles. The average Bonchev–Trinajstić information content (AvgIpc) is 2.71. The van der Waals surface area contributed by atoms with E-state index in [2.05, 4.69) is 55.5 Å². The number of hydrogen-bond acceptors (Lipinski definition) is 0. The fraction of sp³-hybridized carbons (Fsp3) is 0.600. The SMILES string of the molecule is Cc1ccccc1C1C=CC=CC1(PC1CCCCC1)PC1CCCCC1. The van der Waals surface area contributed by atoms with Gasteiger partial charge in [-0.05, 0) is 55.1 Å². The summed E-state index contributed by atoms with van der Waals surface area (Å²) in [5, 5.41) is 0. The van der Waals surface area contributed by atoms with Crippen molar-refractivity contribution in [1.82, 2.24) is 0 Å². The summed E-state index contributed by atoms with van der Waals surface area (Å²) in [6.07, 6.45) is 24.7. The van der Waals surface area contributed by atoms with Gasteiger partial charge in [0.1, 0.15) is 0 Å². The van der Waals surface area contributed by atoms with Gasteiger partial charge in [-0.1, -0.05) is 87.1 Å². The van der Waals surface area contributed by atoms with E-state index >= 15 is 0 Å². The lowest BCUT2D eigenvalue weighted by atomic mass is 9.88. The number of rotatable bonds is 5. The Morgan fingerprint density at radius 1 is 0.778 bits per heavy atom. The Balaban J connectivity index is 1.66. The lowest BCUT2D eigenvalue weighted by Gasteiger charge is -2.45. The van der Waals surface area contributed by atoms with Crippen LogP contribution < -0.4 is 0 Å². The molecule has 0 nitrogen and oxygen atoms in total. The summed E-state index contributed by atoms with van der Waals surface area (Å²) >= 11 is 0. The van der Waals surface area contributed by atoms with Gasteiger partial charge in [0.25, 0.3) is 0 Å². The minimum atomic E-state index is 0.394. The van der Waals surface area contributed by atoms with Crippen molar-refractivity contribution in [2.75, 3.05) is 0 Å². The second kappa shape index (κ2) is 9.37. The number of allylic oxidation sites excluding steroid dienone is 4. The van der Waals surface area contributed by atoms with Crippen molar-refractivity contribution >= 4 is 17.2 Å². The van der Waals surface area contributed by atoms with Gasteiger partial charge in [0.15, 0.2) is 0 Å². The van der Waals surface area contributed by atoms with Gasteiger partial charge in [-0.25, -0.2) is 0 Å². The molecule has 1 aromatic rings. The highest BCUT2D eigenvalue weighted by Gasteiger charge is 2.41. The van der Waals surface area contributed by atoms with Crippen LogP contribution in [0.15, 0.2) is 48.6 Å². The zero-order chi connectivity index (χ0) is 18.5. The average molecular weight is 399 g/mol. The molecule has 2 saturated carbocycles. The van der Waals surface area contributed by atoms with Crippen LogP contribution in [0, 0.1) is 6.92 Å². The first kappa shape index (κ1) is 19.9. The smallest absolute Gasteiger partial charge is 0.0336 e. The van der Waals surface area contributed by atoms with Crippen LogP contribution in [0.1, 0.15) is 81.3 Å². The zero-order valence-electron chi connectivity index (χ0n) is 16.9. The summed E-state index contributed by atoms with van der Waals surface area (Å²) in [7, 11) is 2.20. The van der Waals surface area contributed by atoms with E-state index in [1.54, 1.807) is 5.56 Å². The lowest BCUT2D eigenvalue weighted by Crippen LogP contribution is -2.31. The van der Waals surface area contributed by atoms with E-state index in [9.17, 15) is 0 Å². The Morgan fingerprint density at radius 3 is 1.96 bits per heavy atom. The zero-order valence-corrected chi connectivity index (χ0v) is 18.9. The Morgan fingerprint density at radius 2 is 1.37 bits per heavy atom. The van der Waals surface area contributed by atoms with Gasteiger partial charge in [0, 0.05) is 10.8 Å². The molecule has 27 heavy (non-hydrogen) atoms. The van der Waals surface area contributed by atoms with Gasteiger partial charge < -0.3 is 0 Å². The first-order valence-electron chi connectivity index (χ1n) is 11.2. The minimum Gasteiger partial charge on any atom is -0.103 e. The highest BCUT2D eigenvalue weighted by atomic mass is 31.1. The summed E-state index contributed by atoms with van der Waals surface area (Å²) in [6, 6.07) is 9.19. The Bertz CT molecular complexity index is 643. The molecule has 3 atom stereocenters. The lowest BCUT2D eigenvalue weighted by molar-refractivity contribution is 0.506. The maximum atomic E-state index is 2.67. The van der Waals surface area contributed by atoms with E-state index in [0.717, 1.165) is 28.5 Å². The van der Waals surface area contributed by atoms with E-state index < -0.39 is 0 Å². The second-order valence-corrected chi connectivity index (χ2v) is 13.3. The van der Waals surface area contributed by atoms with Gasteiger partial charge in [-0.3, -0.25) is 0 Å². The monoisotopic (exact) mass is 398 g/mol. The van der Waals surface area contributed by atoms with E-state index in [1.165, 1.54) is 69.8 Å². The third-order valence-electron chi connectivity index (χ3n) is 6.88. The maximum absolute atomic E-state index is 2.67. The second-order valence-electron chi connectivity index (χ2n) is 8.91. The molecule has 0 aliphatic heterocycles. The summed E-state index contributed by atoms with van der Waals surface area (Å²) in [5.41, 5.74) is 5.01. The molecule has 2 heteroatoms. The molecule has 0 radical (unpaired) electrons. The fourth-order valence-corrected chi connectivity index (χ4v) is 11.0. The van der Waals surface area contributed by atoms with Crippen molar-refractivity contribution in [3.05, 3.63) is 59.7 Å². The van der Waals surface area contributed by atoms with Crippen LogP contribution in [0.25, 0.3) is 0 Å². The maximum Gasteiger partial charge on any atom is 0.0336 e. The van der Waals surface area contributed by atoms with Crippen molar-refractivity contribution in [3.63, 3.8) is 0 Å². The van der Waals surface area contributed by atoms with Crippen molar-refractivity contribution in [3.8, 4) is 0 Å². The fourth-order valence-electron chi connectivity index (χ4n) is 5.41. The number of aryl methyl sites for hydroxylation is 1. The van der Waals surface area contributed by atoms with Gasteiger partial charge in [0.2, 0.25) is 0 Å². The summed E-state index contributed by atoms with van der Waals surface area (Å²) in [6.45, 7) is 2.32. The van der Waals surface area contributed by atoms with Crippen LogP contribution >= 0.6 is 17.2 Å². The molecule has 0 spiro atoms. The van der Waals surface area contributed by atoms with Crippen LogP contribution in [-0.4, -0.2) is 16.2 Å². The normalized spacial score (nSPS) is 30.8. The predicted octanol–water partition coefficient (Wildman–Crippen LogP) is 7.92. The number of benzene rings is 1. The van der Waals surface area contributed by atoms with Gasteiger partial charge in [0.05, 0.1) is 0 Å². The molecular weight excluding hydrogens is 362 g/mol. The molecule has 4 rings (SSSR count). The molecule has 3 unspecified atom stereocenters. The van der Waals surface area contributed by atoms with E-state index in [-0.39, 0.29) is 0 Å².